The van der Waals surface area contributed by atoms with Crippen LogP contribution in [0.3, 0.4) is 0 Å². The van der Waals surface area contributed by atoms with Crippen molar-refractivity contribution in [3.63, 3.8) is 0 Å². The molecule has 2 fully saturated rings. The fourth-order valence-electron chi connectivity index (χ4n) is 3.31. The zero-order chi connectivity index (χ0) is 14.4. The Kier molecular flexibility index (Phi) is 3.21. The highest BCUT2D eigenvalue weighted by Gasteiger charge is 2.50. The molecule has 21 heavy (non-hydrogen) atoms. The van der Waals surface area contributed by atoms with Crippen molar-refractivity contribution < 1.29 is 4.79 Å². The molecule has 2 unspecified atom stereocenters. The number of hydrogen-bond donors (Lipinski definition) is 0. The number of amides is 1. The van der Waals surface area contributed by atoms with Crippen LogP contribution in [-0.2, 0) is 4.79 Å². The Morgan fingerprint density at radius 3 is 2.95 bits per heavy atom. The maximum Gasteiger partial charge on any atom is 0.247 e. The quantitative estimate of drug-likeness (QED) is 0.852. The number of nitrogens with zero attached hydrogens (tertiary/aromatic N) is 3. The fourth-order valence-corrected chi connectivity index (χ4v) is 4.21. The Morgan fingerprint density at radius 2 is 2.19 bits per heavy atom. The van der Waals surface area contributed by atoms with Gasteiger partial charge in [0, 0.05) is 28.7 Å². The smallest absolute Gasteiger partial charge is 0.247 e. The van der Waals surface area contributed by atoms with E-state index in [1.54, 1.807) is 6.20 Å². The van der Waals surface area contributed by atoms with E-state index in [1.165, 1.54) is 11.3 Å². The Bertz CT molecular complexity index is 675. The zero-order valence-corrected chi connectivity index (χ0v) is 12.8. The molecule has 2 aromatic rings. The number of fused-ring (bicyclic) bond motifs is 1. The summed E-state index contributed by atoms with van der Waals surface area (Å²) in [7, 11) is 0. The van der Waals surface area contributed by atoms with Crippen LogP contribution in [0.25, 0.3) is 0 Å². The molecule has 4 nitrogen and oxygen atoms in total. The van der Waals surface area contributed by atoms with E-state index in [9.17, 15) is 4.79 Å². The van der Waals surface area contributed by atoms with Gasteiger partial charge in [-0.15, -0.1) is 11.3 Å². The van der Waals surface area contributed by atoms with Gasteiger partial charge in [-0.25, -0.2) is 4.98 Å². The topological polar surface area (TPSA) is 36.4 Å². The van der Waals surface area contributed by atoms with Crippen LogP contribution < -0.4 is 4.90 Å². The summed E-state index contributed by atoms with van der Waals surface area (Å²) in [6, 6.07) is 7.73. The molecule has 1 aromatic carbocycles. The van der Waals surface area contributed by atoms with Crippen molar-refractivity contribution >= 4 is 34.0 Å². The number of aromatic nitrogens is 1. The normalized spacial score (nSPS) is 25.6. The van der Waals surface area contributed by atoms with Crippen molar-refractivity contribution in [1.29, 1.82) is 0 Å². The minimum absolute atomic E-state index is 0.0322. The first kappa shape index (κ1) is 13.2. The minimum atomic E-state index is -0.134. The summed E-state index contributed by atoms with van der Waals surface area (Å²) in [5.41, 5.74) is 0.979. The van der Waals surface area contributed by atoms with E-state index in [-0.39, 0.29) is 18.1 Å². The highest BCUT2D eigenvalue weighted by Crippen LogP contribution is 2.44. The van der Waals surface area contributed by atoms with Gasteiger partial charge in [0.2, 0.25) is 5.91 Å². The second-order valence-electron chi connectivity index (χ2n) is 5.31. The summed E-state index contributed by atoms with van der Waals surface area (Å²) in [6.45, 7) is 0.925. The number of carbonyl (C=O) groups excluding carboxylic acids is 1. The van der Waals surface area contributed by atoms with Gasteiger partial charge in [-0.1, -0.05) is 29.8 Å². The molecule has 2 saturated heterocycles. The van der Waals surface area contributed by atoms with Crippen LogP contribution in [0.4, 0.5) is 5.13 Å². The SMILES string of the molecule is O=C1C2CCCN2C(c2ccccc2Cl)N1c1nccs1. The molecule has 0 aliphatic carbocycles. The maximum atomic E-state index is 12.8. The summed E-state index contributed by atoms with van der Waals surface area (Å²) in [4.78, 5) is 21.2. The highest BCUT2D eigenvalue weighted by atomic mass is 35.5. The van der Waals surface area contributed by atoms with Crippen molar-refractivity contribution in [2.24, 2.45) is 0 Å². The molecule has 0 radical (unpaired) electrons. The van der Waals surface area contributed by atoms with Gasteiger partial charge in [-0.2, -0.15) is 0 Å². The third-order valence-corrected chi connectivity index (χ3v) is 5.30. The van der Waals surface area contributed by atoms with Gasteiger partial charge in [-0.05, 0) is 18.9 Å². The number of halogens is 1. The molecule has 0 saturated carbocycles. The largest absolute Gasteiger partial charge is 0.273 e. The number of hydrogen-bond acceptors (Lipinski definition) is 4. The summed E-state index contributed by atoms with van der Waals surface area (Å²) in [5, 5.41) is 3.35. The van der Waals surface area contributed by atoms with Gasteiger partial charge in [-0.3, -0.25) is 14.6 Å². The Hall–Kier alpha value is -1.43. The van der Waals surface area contributed by atoms with Crippen molar-refractivity contribution in [1.82, 2.24) is 9.88 Å². The molecule has 1 amide bonds. The highest BCUT2D eigenvalue weighted by molar-refractivity contribution is 7.13. The zero-order valence-electron chi connectivity index (χ0n) is 11.3. The van der Waals surface area contributed by atoms with E-state index in [0.717, 1.165) is 30.1 Å². The monoisotopic (exact) mass is 319 g/mol. The van der Waals surface area contributed by atoms with Gasteiger partial charge in [0.1, 0.15) is 6.17 Å². The number of anilines is 1. The van der Waals surface area contributed by atoms with Crippen molar-refractivity contribution in [3.05, 3.63) is 46.4 Å². The molecule has 2 aliphatic heterocycles. The third kappa shape index (κ3) is 1.99. The van der Waals surface area contributed by atoms with E-state index in [1.807, 2.05) is 34.5 Å². The number of carbonyl (C=O) groups is 1. The molecule has 6 heteroatoms. The standard InChI is InChI=1S/C15H14ClN3OS/c16-11-5-2-1-4-10(11)13-18-8-3-6-12(18)14(20)19(13)15-17-7-9-21-15/h1-2,4-5,7,9,12-13H,3,6,8H2. The Balaban J connectivity index is 1.84. The molecule has 0 N–H and O–H groups in total. The predicted octanol–water partition coefficient (Wildman–Crippen LogP) is 3.31. The number of benzene rings is 1. The first-order valence-corrected chi connectivity index (χ1v) is 8.26. The second kappa shape index (κ2) is 5.09. The molecule has 0 bridgehead atoms. The molecular formula is C15H14ClN3OS. The van der Waals surface area contributed by atoms with Crippen LogP contribution in [0, 0.1) is 0 Å². The van der Waals surface area contributed by atoms with E-state index in [0.29, 0.717) is 5.02 Å². The molecule has 108 valence electrons. The predicted molar refractivity (Wildman–Crippen MR) is 83.5 cm³/mol. The molecule has 4 rings (SSSR count). The van der Waals surface area contributed by atoms with Gasteiger partial charge in [0.25, 0.3) is 0 Å². The third-order valence-electron chi connectivity index (χ3n) is 4.18. The molecule has 0 spiro atoms. The van der Waals surface area contributed by atoms with E-state index in [4.69, 9.17) is 11.6 Å². The van der Waals surface area contributed by atoms with E-state index < -0.39 is 0 Å². The number of rotatable bonds is 2. The molecule has 1 aromatic heterocycles. The number of thiazole rings is 1. The molecule has 3 heterocycles. The van der Waals surface area contributed by atoms with Crippen molar-refractivity contribution in [3.8, 4) is 0 Å². The van der Waals surface area contributed by atoms with Crippen LogP contribution in [0.5, 0.6) is 0 Å². The summed E-state index contributed by atoms with van der Waals surface area (Å²) in [5.74, 6) is 0.146. The lowest BCUT2D eigenvalue weighted by Gasteiger charge is -2.28. The summed E-state index contributed by atoms with van der Waals surface area (Å²) in [6.07, 6.45) is 3.58. The van der Waals surface area contributed by atoms with Gasteiger partial charge >= 0.3 is 0 Å². The average Bonchev–Trinajstić information content (AvgIpc) is 3.18. The maximum absolute atomic E-state index is 12.8. The summed E-state index contributed by atoms with van der Waals surface area (Å²) >= 11 is 7.88. The van der Waals surface area contributed by atoms with Gasteiger partial charge in [0.05, 0.1) is 6.04 Å². The van der Waals surface area contributed by atoms with E-state index in [2.05, 4.69) is 9.88 Å². The molecule has 2 atom stereocenters. The van der Waals surface area contributed by atoms with Crippen LogP contribution in [0.1, 0.15) is 24.6 Å². The van der Waals surface area contributed by atoms with Gasteiger partial charge in [0.15, 0.2) is 5.13 Å². The van der Waals surface area contributed by atoms with Crippen LogP contribution >= 0.6 is 22.9 Å². The van der Waals surface area contributed by atoms with Crippen LogP contribution in [-0.4, -0.2) is 28.4 Å². The Morgan fingerprint density at radius 1 is 1.33 bits per heavy atom. The molecular weight excluding hydrogens is 306 g/mol. The average molecular weight is 320 g/mol. The fraction of sp³-hybridized carbons (Fsp3) is 0.333. The van der Waals surface area contributed by atoms with Crippen molar-refractivity contribution in [2.45, 2.75) is 25.0 Å². The lowest BCUT2D eigenvalue weighted by Crippen LogP contribution is -2.32. The first-order valence-electron chi connectivity index (χ1n) is 7.00. The summed E-state index contributed by atoms with van der Waals surface area (Å²) < 4.78 is 0. The van der Waals surface area contributed by atoms with E-state index >= 15 is 0 Å². The Labute approximate surface area is 132 Å². The first-order chi connectivity index (χ1) is 10.3. The van der Waals surface area contributed by atoms with Crippen molar-refractivity contribution in [2.75, 3.05) is 11.4 Å². The lowest BCUT2D eigenvalue weighted by atomic mass is 10.1. The second-order valence-corrected chi connectivity index (χ2v) is 6.59. The van der Waals surface area contributed by atoms with Gasteiger partial charge < -0.3 is 0 Å². The molecule has 2 aliphatic rings. The van der Waals surface area contributed by atoms with Crippen LogP contribution in [0.15, 0.2) is 35.8 Å². The van der Waals surface area contributed by atoms with Crippen LogP contribution in [0.2, 0.25) is 5.02 Å². The lowest BCUT2D eigenvalue weighted by molar-refractivity contribution is -0.119. The minimum Gasteiger partial charge on any atom is -0.273 e.